The number of likely N-dealkylation sites (tertiary alicyclic amines) is 1. The van der Waals surface area contributed by atoms with Crippen molar-refractivity contribution in [2.75, 3.05) is 20.1 Å². The van der Waals surface area contributed by atoms with Crippen LogP contribution < -0.4 is 5.48 Å². The van der Waals surface area contributed by atoms with Crippen LogP contribution in [0, 0.1) is 22.7 Å². The molecule has 0 bridgehead atoms. The normalized spacial score (nSPS) is 44.5. The Morgan fingerprint density at radius 3 is 2.33 bits per heavy atom. The molecule has 220 valence electrons. The molecule has 39 heavy (non-hydrogen) atoms. The van der Waals surface area contributed by atoms with Gasteiger partial charge in [0, 0.05) is 17.8 Å². The number of ketones is 1. The van der Waals surface area contributed by atoms with Gasteiger partial charge in [-0.25, -0.2) is 9.59 Å². The van der Waals surface area contributed by atoms with E-state index >= 15 is 0 Å². The number of aliphatic hydroxyl groups is 3. The molecule has 0 aromatic rings. The van der Waals surface area contributed by atoms with Crippen LogP contribution in [0.25, 0.3) is 0 Å². The first-order valence-electron chi connectivity index (χ1n) is 13.8. The zero-order valence-corrected chi connectivity index (χ0v) is 23.9. The van der Waals surface area contributed by atoms with Gasteiger partial charge in [-0.15, -0.1) is 12.1 Å². The van der Waals surface area contributed by atoms with Crippen molar-refractivity contribution in [2.45, 2.75) is 102 Å². The van der Waals surface area contributed by atoms with Crippen LogP contribution in [0.15, 0.2) is 12.7 Å². The highest BCUT2D eigenvalue weighted by molar-refractivity contribution is 5.92. The van der Waals surface area contributed by atoms with Crippen LogP contribution in [0.1, 0.15) is 66.7 Å². The highest BCUT2D eigenvalue weighted by Gasteiger charge is 2.81. The Balaban J connectivity index is 1.67. The van der Waals surface area contributed by atoms with Crippen LogP contribution in [0.5, 0.6) is 0 Å². The van der Waals surface area contributed by atoms with Gasteiger partial charge in [-0.2, -0.15) is 0 Å². The third-order valence-electron chi connectivity index (χ3n) is 10.2. The number of Topliss-reactive ketones (excluding diaryl/α,β-unsaturated/α-hetero) is 1. The van der Waals surface area contributed by atoms with Crippen LogP contribution in [-0.2, 0) is 23.9 Å². The summed E-state index contributed by atoms with van der Waals surface area (Å²) in [5, 5.41) is 35.6. The van der Waals surface area contributed by atoms with Crippen molar-refractivity contribution in [3.8, 4) is 0 Å². The number of nitrogens with one attached hydrogen (secondary N) is 1. The predicted octanol–water partition coefficient (Wildman–Crippen LogP) is 1.48. The van der Waals surface area contributed by atoms with E-state index in [1.807, 2.05) is 26.4 Å². The molecule has 4 aliphatic rings. The van der Waals surface area contributed by atoms with Crippen LogP contribution in [-0.4, -0.2) is 93.3 Å². The summed E-state index contributed by atoms with van der Waals surface area (Å²) < 4.78 is 12.0. The summed E-state index contributed by atoms with van der Waals surface area (Å²) in [7, 11) is 1.96. The fourth-order valence-electron chi connectivity index (χ4n) is 8.04. The lowest BCUT2D eigenvalue weighted by Gasteiger charge is -2.71. The van der Waals surface area contributed by atoms with E-state index in [0.717, 1.165) is 13.1 Å². The van der Waals surface area contributed by atoms with E-state index in [4.69, 9.17) is 14.3 Å². The average molecular weight is 553 g/mol. The first-order valence-corrected chi connectivity index (χ1v) is 13.8. The quantitative estimate of drug-likeness (QED) is 0.299. The summed E-state index contributed by atoms with van der Waals surface area (Å²) in [4.78, 5) is 46.5. The number of carbonyl (C=O) groups is 3. The average Bonchev–Trinajstić information content (AvgIpc) is 2.86. The lowest BCUT2D eigenvalue weighted by Crippen LogP contribution is -2.86. The SMILES string of the molecule is C=C[C@@]1(C)CC(=O)[C@]2(O)[C@@]3(C)C(O)CCC(C)(C)[C@@H]3C(O)[C@H](OC(=O)NOC(=O)C3CCN(C)CC3)[C@@]2(C)O1. The van der Waals surface area contributed by atoms with Gasteiger partial charge in [0.2, 0.25) is 0 Å². The Morgan fingerprint density at radius 1 is 1.13 bits per heavy atom. The summed E-state index contributed by atoms with van der Waals surface area (Å²) in [6, 6.07) is 0. The second-order valence-corrected chi connectivity index (χ2v) is 13.3. The second kappa shape index (κ2) is 9.80. The van der Waals surface area contributed by atoms with Gasteiger partial charge in [-0.3, -0.25) is 4.79 Å². The maximum atomic E-state index is 13.9. The monoisotopic (exact) mass is 552 g/mol. The Hall–Kier alpha value is -2.05. The molecule has 4 fully saturated rings. The van der Waals surface area contributed by atoms with Gasteiger partial charge >= 0.3 is 12.1 Å². The van der Waals surface area contributed by atoms with Crippen LogP contribution in [0.3, 0.4) is 0 Å². The molecule has 0 aromatic heterocycles. The van der Waals surface area contributed by atoms with Crippen molar-refractivity contribution in [1.29, 1.82) is 0 Å². The smallest absolute Gasteiger partial charge is 0.438 e. The summed E-state index contributed by atoms with van der Waals surface area (Å²) in [6.07, 6.45) is -2.13. The molecule has 11 nitrogen and oxygen atoms in total. The van der Waals surface area contributed by atoms with Crippen molar-refractivity contribution in [3.63, 3.8) is 0 Å². The van der Waals surface area contributed by atoms with E-state index in [2.05, 4.69) is 11.5 Å². The number of amides is 1. The lowest BCUT2D eigenvalue weighted by molar-refractivity contribution is -0.369. The van der Waals surface area contributed by atoms with E-state index in [1.165, 1.54) is 13.0 Å². The van der Waals surface area contributed by atoms with Crippen LogP contribution in [0.4, 0.5) is 4.79 Å². The van der Waals surface area contributed by atoms with Crippen molar-refractivity contribution >= 4 is 17.8 Å². The topological polar surface area (TPSA) is 155 Å². The van der Waals surface area contributed by atoms with E-state index < -0.39 is 69.7 Å². The molecule has 1 amide bonds. The molecule has 0 aromatic carbocycles. The van der Waals surface area contributed by atoms with E-state index in [0.29, 0.717) is 25.7 Å². The molecule has 2 aliphatic carbocycles. The minimum Gasteiger partial charge on any atom is -0.438 e. The number of hydroxylamine groups is 1. The van der Waals surface area contributed by atoms with Crippen molar-refractivity contribution in [2.24, 2.45) is 22.7 Å². The molecule has 11 heteroatoms. The number of hydrogen-bond donors (Lipinski definition) is 4. The van der Waals surface area contributed by atoms with Gasteiger partial charge in [0.1, 0.15) is 5.60 Å². The highest BCUT2D eigenvalue weighted by atomic mass is 16.7. The number of piperidine rings is 1. The van der Waals surface area contributed by atoms with Gasteiger partial charge in [-0.1, -0.05) is 26.8 Å². The molecule has 2 unspecified atom stereocenters. The number of hydrogen-bond acceptors (Lipinski definition) is 10. The molecule has 8 atom stereocenters. The van der Waals surface area contributed by atoms with E-state index in [-0.39, 0.29) is 12.3 Å². The molecule has 2 aliphatic heterocycles. The predicted molar refractivity (Wildman–Crippen MR) is 139 cm³/mol. The zero-order valence-electron chi connectivity index (χ0n) is 23.9. The van der Waals surface area contributed by atoms with Crippen LogP contribution >= 0.6 is 0 Å². The molecule has 2 heterocycles. The molecular formula is C28H44N2O9. The number of rotatable bonds is 3. The zero-order chi connectivity index (χ0) is 29.2. The maximum Gasteiger partial charge on any atom is 0.441 e. The second-order valence-electron chi connectivity index (χ2n) is 13.3. The summed E-state index contributed by atoms with van der Waals surface area (Å²) in [5.74, 6) is -2.42. The standard InChI is InChI=1S/C28H44N2O9/c1-8-25(4)15-18(32)28(36)26(5)17(31)9-12-24(2,3)20(26)19(33)21(27(28,6)39-25)37-23(35)29-38-22(34)16-10-13-30(7)14-11-16/h8,16-17,19-21,31,33,36H,1,9-15H2,2-7H3,(H,29,35)/t17?,19?,20-,21-,25-,26-,27+,28-/m0/s1. The lowest BCUT2D eigenvalue weighted by atomic mass is 9.40. The maximum absolute atomic E-state index is 13.9. The fourth-order valence-corrected chi connectivity index (χ4v) is 8.04. The number of nitrogens with zero attached hydrogens (tertiary/aromatic N) is 1. The first-order chi connectivity index (χ1) is 18.0. The van der Waals surface area contributed by atoms with Gasteiger partial charge in [0.25, 0.3) is 0 Å². The molecular weight excluding hydrogens is 508 g/mol. The van der Waals surface area contributed by atoms with E-state index in [9.17, 15) is 29.7 Å². The van der Waals surface area contributed by atoms with Gasteiger partial charge in [-0.05, 0) is 65.1 Å². The number of carbonyl (C=O) groups excluding carboxylic acids is 3. The Labute approximate surface area is 229 Å². The highest BCUT2D eigenvalue weighted by Crippen LogP contribution is 2.67. The molecule has 4 rings (SSSR count). The Bertz CT molecular complexity index is 1030. The Kier molecular flexibility index (Phi) is 7.52. The Morgan fingerprint density at radius 2 is 1.74 bits per heavy atom. The van der Waals surface area contributed by atoms with Crippen LogP contribution in [0.2, 0.25) is 0 Å². The van der Waals surface area contributed by atoms with Gasteiger partial charge in [0.05, 0.1) is 23.7 Å². The summed E-state index contributed by atoms with van der Waals surface area (Å²) in [6.45, 7) is 13.6. The van der Waals surface area contributed by atoms with Crippen molar-refractivity contribution < 1.29 is 44.0 Å². The molecule has 0 spiro atoms. The minimum atomic E-state index is -2.33. The number of aliphatic hydroxyl groups excluding tert-OH is 2. The molecule has 2 saturated heterocycles. The summed E-state index contributed by atoms with van der Waals surface area (Å²) in [5.41, 5.74) is -5.73. The fraction of sp³-hybridized carbons (Fsp3) is 0.821. The first kappa shape index (κ1) is 29.9. The largest absolute Gasteiger partial charge is 0.441 e. The van der Waals surface area contributed by atoms with Crippen molar-refractivity contribution in [1.82, 2.24) is 10.4 Å². The van der Waals surface area contributed by atoms with Gasteiger partial charge in [0.15, 0.2) is 17.5 Å². The van der Waals surface area contributed by atoms with E-state index in [1.54, 1.807) is 13.8 Å². The summed E-state index contributed by atoms with van der Waals surface area (Å²) >= 11 is 0. The van der Waals surface area contributed by atoms with Crippen molar-refractivity contribution in [3.05, 3.63) is 12.7 Å². The molecule has 4 N–H and O–H groups in total. The third-order valence-corrected chi connectivity index (χ3v) is 10.2. The van der Waals surface area contributed by atoms with Gasteiger partial charge < -0.3 is 34.5 Å². The minimum absolute atomic E-state index is 0.221. The third kappa shape index (κ3) is 4.41. The molecule has 2 saturated carbocycles. The molecule has 0 radical (unpaired) electrons. The number of ether oxygens (including phenoxy) is 2. The number of fused-ring (bicyclic) bond motifs is 3.